The highest BCUT2D eigenvalue weighted by atomic mass is 32.2. The van der Waals surface area contributed by atoms with Gasteiger partial charge in [-0.1, -0.05) is 54.6 Å². The van der Waals surface area contributed by atoms with E-state index in [0.717, 1.165) is 6.42 Å². The number of hydrogen-bond acceptors (Lipinski definition) is 3. The molecule has 0 aromatic heterocycles. The van der Waals surface area contributed by atoms with Gasteiger partial charge in [0.15, 0.2) is 9.84 Å². The number of sulfone groups is 1. The topological polar surface area (TPSA) is 43.4 Å². The van der Waals surface area contributed by atoms with Gasteiger partial charge in [0.05, 0.1) is 17.6 Å². The monoisotopic (exact) mass is 358 g/mol. The molecule has 0 aliphatic carbocycles. The zero-order valence-corrected chi connectivity index (χ0v) is 15.7. The minimum atomic E-state index is -3.05. The van der Waals surface area contributed by atoms with Crippen molar-refractivity contribution in [3.05, 3.63) is 60.2 Å². The fourth-order valence-corrected chi connectivity index (χ4v) is 4.78. The van der Waals surface area contributed by atoms with Gasteiger partial charge in [-0.2, -0.15) is 0 Å². The van der Waals surface area contributed by atoms with Gasteiger partial charge in [0.1, 0.15) is 0 Å². The lowest BCUT2D eigenvalue weighted by atomic mass is 9.84. The molecule has 0 N–H and O–H groups in total. The van der Waals surface area contributed by atoms with Crippen molar-refractivity contribution in [2.45, 2.75) is 31.4 Å². The van der Waals surface area contributed by atoms with Crippen molar-refractivity contribution in [3.63, 3.8) is 0 Å². The molecule has 3 nitrogen and oxygen atoms in total. The number of ether oxygens (including phenoxy) is 1. The highest BCUT2D eigenvalue weighted by Gasteiger charge is 2.32. The molecule has 134 valence electrons. The summed E-state index contributed by atoms with van der Waals surface area (Å²) in [6, 6.07) is 18.7. The van der Waals surface area contributed by atoms with Crippen LogP contribution in [0.4, 0.5) is 0 Å². The van der Waals surface area contributed by atoms with E-state index in [1.807, 2.05) is 18.2 Å². The van der Waals surface area contributed by atoms with Crippen molar-refractivity contribution in [1.82, 2.24) is 0 Å². The normalized spacial score (nSPS) is 21.4. The van der Waals surface area contributed by atoms with Crippen LogP contribution in [0.2, 0.25) is 0 Å². The summed E-state index contributed by atoms with van der Waals surface area (Å²) in [6.45, 7) is 4.77. The Kier molecular flexibility index (Phi) is 5.60. The summed E-state index contributed by atoms with van der Waals surface area (Å²) in [5, 5.41) is -0.323. The average molecular weight is 359 g/mol. The standard InChI is InChI=1S/C21H26O3S/c1-16(2)25(22,23)15-20-12-13-24-14-21(20)19-10-8-18(9-11-19)17-6-4-3-5-7-17/h3-11,16,20-21H,12-15H2,1-2H3/t20-,21+/m0/s1. The molecule has 1 aliphatic heterocycles. The van der Waals surface area contributed by atoms with Crippen LogP contribution in [-0.2, 0) is 14.6 Å². The largest absolute Gasteiger partial charge is 0.381 e. The second-order valence-corrected chi connectivity index (χ2v) is 9.70. The van der Waals surface area contributed by atoms with Gasteiger partial charge in [-0.05, 0) is 42.9 Å². The second-order valence-electron chi connectivity index (χ2n) is 7.10. The fourth-order valence-electron chi connectivity index (χ4n) is 3.39. The third-order valence-corrected chi connectivity index (χ3v) is 7.44. The van der Waals surface area contributed by atoms with E-state index in [9.17, 15) is 8.42 Å². The van der Waals surface area contributed by atoms with Gasteiger partial charge in [0.2, 0.25) is 0 Å². The lowest BCUT2D eigenvalue weighted by Crippen LogP contribution is -2.33. The van der Waals surface area contributed by atoms with Gasteiger partial charge >= 0.3 is 0 Å². The summed E-state index contributed by atoms with van der Waals surface area (Å²) >= 11 is 0. The molecule has 25 heavy (non-hydrogen) atoms. The van der Waals surface area contributed by atoms with Crippen molar-refractivity contribution in [3.8, 4) is 11.1 Å². The Morgan fingerprint density at radius 2 is 1.64 bits per heavy atom. The molecule has 2 aromatic rings. The number of rotatable bonds is 5. The predicted molar refractivity (Wildman–Crippen MR) is 102 cm³/mol. The van der Waals surface area contributed by atoms with Crippen LogP contribution in [0.1, 0.15) is 31.7 Å². The molecule has 1 aliphatic rings. The smallest absolute Gasteiger partial charge is 0.152 e. The van der Waals surface area contributed by atoms with Crippen molar-refractivity contribution in [2.24, 2.45) is 5.92 Å². The highest BCUT2D eigenvalue weighted by Crippen LogP contribution is 2.34. The van der Waals surface area contributed by atoms with Crippen LogP contribution in [0, 0.1) is 5.92 Å². The third kappa shape index (κ3) is 4.31. The summed E-state index contributed by atoms with van der Waals surface area (Å²) in [6.07, 6.45) is 0.803. The van der Waals surface area contributed by atoms with Gasteiger partial charge in [-0.25, -0.2) is 8.42 Å². The van der Waals surface area contributed by atoms with Crippen LogP contribution >= 0.6 is 0 Å². The highest BCUT2D eigenvalue weighted by molar-refractivity contribution is 7.91. The van der Waals surface area contributed by atoms with E-state index < -0.39 is 9.84 Å². The first-order valence-corrected chi connectivity index (χ1v) is 10.6. The molecule has 0 spiro atoms. The van der Waals surface area contributed by atoms with Gasteiger partial charge < -0.3 is 4.74 Å². The minimum Gasteiger partial charge on any atom is -0.381 e. The summed E-state index contributed by atoms with van der Waals surface area (Å²) in [5.74, 6) is 0.523. The summed E-state index contributed by atoms with van der Waals surface area (Å²) < 4.78 is 30.4. The fraction of sp³-hybridized carbons (Fsp3) is 0.429. The Labute approximate surface area is 151 Å². The first kappa shape index (κ1) is 18.2. The van der Waals surface area contributed by atoms with E-state index >= 15 is 0 Å². The molecule has 1 heterocycles. The van der Waals surface area contributed by atoms with E-state index in [-0.39, 0.29) is 22.8 Å². The van der Waals surface area contributed by atoms with Gasteiger partial charge in [-0.3, -0.25) is 0 Å². The Morgan fingerprint density at radius 1 is 1.00 bits per heavy atom. The van der Waals surface area contributed by atoms with Gasteiger partial charge in [-0.15, -0.1) is 0 Å². The summed E-state index contributed by atoms with van der Waals surface area (Å²) in [5.41, 5.74) is 3.53. The zero-order chi connectivity index (χ0) is 17.9. The predicted octanol–water partition coefficient (Wildman–Crippen LogP) is 4.30. The first-order chi connectivity index (χ1) is 12.0. The van der Waals surface area contributed by atoms with E-state index in [4.69, 9.17) is 4.74 Å². The molecule has 2 aromatic carbocycles. The average Bonchev–Trinajstić information content (AvgIpc) is 2.63. The van der Waals surface area contributed by atoms with Crippen LogP contribution in [-0.4, -0.2) is 32.6 Å². The molecule has 0 radical (unpaired) electrons. The van der Waals surface area contributed by atoms with Crippen LogP contribution in [0.25, 0.3) is 11.1 Å². The van der Waals surface area contributed by atoms with Crippen LogP contribution in [0.3, 0.4) is 0 Å². The van der Waals surface area contributed by atoms with Crippen LogP contribution in [0.15, 0.2) is 54.6 Å². The number of hydrogen-bond donors (Lipinski definition) is 0. The van der Waals surface area contributed by atoms with Crippen molar-refractivity contribution in [2.75, 3.05) is 19.0 Å². The Bertz CT molecular complexity index is 780. The maximum Gasteiger partial charge on any atom is 0.152 e. The maximum atomic E-state index is 12.4. The van der Waals surface area contributed by atoms with E-state index in [1.165, 1.54) is 16.7 Å². The molecule has 0 saturated carbocycles. The Morgan fingerprint density at radius 3 is 2.28 bits per heavy atom. The molecule has 0 amide bonds. The van der Waals surface area contributed by atoms with Crippen LogP contribution < -0.4 is 0 Å². The molecule has 4 heteroatoms. The van der Waals surface area contributed by atoms with E-state index in [1.54, 1.807) is 13.8 Å². The lowest BCUT2D eigenvalue weighted by Gasteiger charge is -2.32. The van der Waals surface area contributed by atoms with Crippen molar-refractivity contribution in [1.29, 1.82) is 0 Å². The Balaban J connectivity index is 1.81. The van der Waals surface area contributed by atoms with Crippen LogP contribution in [0.5, 0.6) is 0 Å². The Hall–Kier alpha value is -1.65. The minimum absolute atomic E-state index is 0.128. The lowest BCUT2D eigenvalue weighted by molar-refractivity contribution is 0.0531. The van der Waals surface area contributed by atoms with Gasteiger partial charge in [0, 0.05) is 12.5 Å². The number of benzene rings is 2. The third-order valence-electron chi connectivity index (χ3n) is 5.11. The summed E-state index contributed by atoms with van der Waals surface area (Å²) in [7, 11) is -3.05. The second kappa shape index (κ2) is 7.71. The maximum absolute atomic E-state index is 12.4. The SMILES string of the molecule is CC(C)S(=O)(=O)C[C@@H]1CCOC[C@@H]1c1ccc(-c2ccccc2)cc1. The molecule has 3 rings (SSSR count). The molecule has 1 fully saturated rings. The molecule has 0 unspecified atom stereocenters. The molecular formula is C21H26O3S. The molecule has 0 bridgehead atoms. The van der Waals surface area contributed by atoms with E-state index in [0.29, 0.717) is 13.2 Å². The van der Waals surface area contributed by atoms with E-state index in [2.05, 4.69) is 36.4 Å². The molecular weight excluding hydrogens is 332 g/mol. The zero-order valence-electron chi connectivity index (χ0n) is 14.9. The van der Waals surface area contributed by atoms with Gasteiger partial charge in [0.25, 0.3) is 0 Å². The summed E-state index contributed by atoms with van der Waals surface area (Å²) in [4.78, 5) is 0. The quantitative estimate of drug-likeness (QED) is 0.800. The van der Waals surface area contributed by atoms with Crippen molar-refractivity contribution < 1.29 is 13.2 Å². The molecule has 2 atom stereocenters. The first-order valence-electron chi connectivity index (χ1n) is 8.92. The van der Waals surface area contributed by atoms with Crippen molar-refractivity contribution >= 4 is 9.84 Å². The molecule has 1 saturated heterocycles.